The molecule has 0 saturated heterocycles. The van der Waals surface area contributed by atoms with Gasteiger partial charge >= 0.3 is 0 Å². The van der Waals surface area contributed by atoms with E-state index in [1.165, 1.54) is 11.8 Å². The largest absolute Gasteiger partial charge is 0.493 e. The Kier molecular flexibility index (Phi) is 7.31. The number of benzene rings is 2. The monoisotopic (exact) mass is 464 g/mol. The van der Waals surface area contributed by atoms with Crippen LogP contribution in [-0.2, 0) is 17.9 Å². The van der Waals surface area contributed by atoms with Crippen molar-refractivity contribution < 1.29 is 18.7 Å². The summed E-state index contributed by atoms with van der Waals surface area (Å²) in [5, 5.41) is 12.2. The van der Waals surface area contributed by atoms with E-state index in [1.807, 2.05) is 65.2 Å². The van der Waals surface area contributed by atoms with E-state index in [4.69, 9.17) is 13.9 Å². The summed E-state index contributed by atoms with van der Waals surface area (Å²) in [6.45, 7) is 0.952. The molecule has 0 radical (unpaired) electrons. The average molecular weight is 465 g/mol. The predicted molar refractivity (Wildman–Crippen MR) is 125 cm³/mol. The molecule has 0 aliphatic heterocycles. The zero-order valence-electron chi connectivity index (χ0n) is 18.4. The number of nitrogens with zero attached hydrogens (tertiary/aromatic N) is 3. The van der Waals surface area contributed by atoms with Crippen LogP contribution in [0, 0.1) is 0 Å². The number of rotatable bonds is 10. The third kappa shape index (κ3) is 5.56. The molecule has 4 aromatic rings. The normalized spacial score (nSPS) is 10.7. The zero-order valence-corrected chi connectivity index (χ0v) is 19.2. The molecule has 2 aromatic carbocycles. The highest BCUT2D eigenvalue weighted by Crippen LogP contribution is 2.28. The first-order chi connectivity index (χ1) is 16.2. The van der Waals surface area contributed by atoms with Crippen molar-refractivity contribution in [1.29, 1.82) is 0 Å². The van der Waals surface area contributed by atoms with E-state index < -0.39 is 0 Å². The molecule has 170 valence electrons. The lowest BCUT2D eigenvalue weighted by molar-refractivity contribution is -0.118. The SMILES string of the molecule is COc1ccc(CNC(=O)CSc2nnc(-c3ccco3)n2Cc2ccccc2)cc1OC. The van der Waals surface area contributed by atoms with E-state index in [1.54, 1.807) is 20.5 Å². The van der Waals surface area contributed by atoms with Gasteiger partial charge in [-0.3, -0.25) is 9.36 Å². The molecule has 2 heterocycles. The first-order valence-electron chi connectivity index (χ1n) is 10.3. The van der Waals surface area contributed by atoms with E-state index in [2.05, 4.69) is 15.5 Å². The van der Waals surface area contributed by atoms with Gasteiger partial charge in [0.15, 0.2) is 22.4 Å². The van der Waals surface area contributed by atoms with Crippen LogP contribution < -0.4 is 14.8 Å². The van der Waals surface area contributed by atoms with E-state index in [0.29, 0.717) is 41.3 Å². The number of amides is 1. The van der Waals surface area contributed by atoms with Crippen molar-refractivity contribution in [3.05, 3.63) is 78.1 Å². The number of hydrogen-bond acceptors (Lipinski definition) is 7. The van der Waals surface area contributed by atoms with Gasteiger partial charge in [-0.2, -0.15) is 0 Å². The van der Waals surface area contributed by atoms with Crippen LogP contribution in [0.5, 0.6) is 11.5 Å². The minimum absolute atomic E-state index is 0.108. The predicted octanol–water partition coefficient (Wildman–Crippen LogP) is 4.01. The smallest absolute Gasteiger partial charge is 0.230 e. The molecule has 0 saturated carbocycles. The summed E-state index contributed by atoms with van der Waals surface area (Å²) in [5.74, 6) is 2.62. The zero-order chi connectivity index (χ0) is 23.0. The summed E-state index contributed by atoms with van der Waals surface area (Å²) in [5.41, 5.74) is 2.02. The van der Waals surface area contributed by atoms with Gasteiger partial charge in [-0.05, 0) is 35.4 Å². The summed E-state index contributed by atoms with van der Waals surface area (Å²) < 4.78 is 18.1. The Morgan fingerprint density at radius 3 is 2.55 bits per heavy atom. The highest BCUT2D eigenvalue weighted by molar-refractivity contribution is 7.99. The fraction of sp³-hybridized carbons (Fsp3) is 0.208. The van der Waals surface area contributed by atoms with Crippen LogP contribution in [0.2, 0.25) is 0 Å². The van der Waals surface area contributed by atoms with Gasteiger partial charge in [-0.15, -0.1) is 10.2 Å². The number of methoxy groups -OCH3 is 2. The first-order valence-corrected chi connectivity index (χ1v) is 11.3. The highest BCUT2D eigenvalue weighted by atomic mass is 32.2. The Balaban J connectivity index is 1.42. The van der Waals surface area contributed by atoms with E-state index in [9.17, 15) is 4.79 Å². The molecular weight excluding hydrogens is 440 g/mol. The Morgan fingerprint density at radius 2 is 1.82 bits per heavy atom. The van der Waals surface area contributed by atoms with Crippen molar-refractivity contribution in [1.82, 2.24) is 20.1 Å². The number of ether oxygens (including phenoxy) is 2. The highest BCUT2D eigenvalue weighted by Gasteiger charge is 2.18. The molecule has 0 bridgehead atoms. The van der Waals surface area contributed by atoms with Crippen molar-refractivity contribution in [2.24, 2.45) is 0 Å². The molecule has 0 fully saturated rings. The van der Waals surface area contributed by atoms with E-state index >= 15 is 0 Å². The average Bonchev–Trinajstić information content (AvgIpc) is 3.52. The van der Waals surface area contributed by atoms with Gasteiger partial charge in [0, 0.05) is 6.54 Å². The number of carbonyl (C=O) groups is 1. The molecule has 9 heteroatoms. The number of aromatic nitrogens is 3. The van der Waals surface area contributed by atoms with Crippen LogP contribution in [-0.4, -0.2) is 40.6 Å². The van der Waals surface area contributed by atoms with Gasteiger partial charge in [-0.25, -0.2) is 0 Å². The lowest BCUT2D eigenvalue weighted by Crippen LogP contribution is -2.24. The summed E-state index contributed by atoms with van der Waals surface area (Å²) in [4.78, 5) is 12.5. The van der Waals surface area contributed by atoms with E-state index in [0.717, 1.165) is 11.1 Å². The summed E-state index contributed by atoms with van der Waals surface area (Å²) >= 11 is 1.33. The maximum absolute atomic E-state index is 12.5. The van der Waals surface area contributed by atoms with Crippen molar-refractivity contribution in [2.75, 3.05) is 20.0 Å². The standard InChI is InChI=1S/C24H24N4O4S/c1-30-19-11-10-18(13-21(19)31-2)14-25-22(29)16-33-24-27-26-23(20-9-6-12-32-20)28(24)15-17-7-4-3-5-8-17/h3-13H,14-16H2,1-2H3,(H,25,29). The van der Waals surface area contributed by atoms with Gasteiger partial charge in [0.25, 0.3) is 0 Å². The number of furan rings is 1. The lowest BCUT2D eigenvalue weighted by atomic mass is 10.2. The van der Waals surface area contributed by atoms with Gasteiger partial charge < -0.3 is 19.2 Å². The van der Waals surface area contributed by atoms with Gasteiger partial charge in [0.1, 0.15) is 0 Å². The second-order valence-electron chi connectivity index (χ2n) is 7.11. The van der Waals surface area contributed by atoms with E-state index in [-0.39, 0.29) is 11.7 Å². The molecule has 0 atom stereocenters. The van der Waals surface area contributed by atoms with Crippen LogP contribution >= 0.6 is 11.8 Å². The quantitative estimate of drug-likeness (QED) is 0.355. The van der Waals surface area contributed by atoms with Crippen LogP contribution in [0.25, 0.3) is 11.6 Å². The molecule has 8 nitrogen and oxygen atoms in total. The van der Waals surface area contributed by atoms with Crippen molar-refractivity contribution in [2.45, 2.75) is 18.2 Å². The minimum Gasteiger partial charge on any atom is -0.493 e. The summed E-state index contributed by atoms with van der Waals surface area (Å²) in [7, 11) is 3.17. The molecule has 1 N–H and O–H groups in total. The number of carbonyl (C=O) groups excluding carboxylic acids is 1. The Labute approximate surface area is 195 Å². The van der Waals surface area contributed by atoms with Crippen molar-refractivity contribution in [3.63, 3.8) is 0 Å². The molecule has 4 rings (SSSR count). The third-order valence-corrected chi connectivity index (χ3v) is 5.88. The number of thioether (sulfide) groups is 1. The Morgan fingerprint density at radius 1 is 1.00 bits per heavy atom. The number of hydrogen-bond donors (Lipinski definition) is 1. The van der Waals surface area contributed by atoms with Gasteiger partial charge in [-0.1, -0.05) is 48.2 Å². The van der Waals surface area contributed by atoms with Crippen LogP contribution in [0.4, 0.5) is 0 Å². The summed E-state index contributed by atoms with van der Waals surface area (Å²) in [6, 6.07) is 19.2. The molecule has 0 spiro atoms. The first kappa shape index (κ1) is 22.5. The van der Waals surface area contributed by atoms with Crippen molar-refractivity contribution >= 4 is 17.7 Å². The van der Waals surface area contributed by atoms with Crippen LogP contribution in [0.3, 0.4) is 0 Å². The molecule has 1 amide bonds. The van der Waals surface area contributed by atoms with Crippen LogP contribution in [0.1, 0.15) is 11.1 Å². The number of nitrogens with one attached hydrogen (secondary N) is 1. The molecule has 0 aliphatic rings. The summed E-state index contributed by atoms with van der Waals surface area (Å²) in [6.07, 6.45) is 1.60. The second kappa shape index (κ2) is 10.7. The molecule has 0 aliphatic carbocycles. The molecule has 2 aromatic heterocycles. The lowest BCUT2D eigenvalue weighted by Gasteiger charge is -2.11. The Bertz CT molecular complexity index is 1190. The molecule has 33 heavy (non-hydrogen) atoms. The molecule has 0 unspecified atom stereocenters. The minimum atomic E-state index is -0.108. The second-order valence-corrected chi connectivity index (χ2v) is 8.05. The maximum atomic E-state index is 12.5. The van der Waals surface area contributed by atoms with Crippen molar-refractivity contribution in [3.8, 4) is 23.1 Å². The fourth-order valence-corrected chi connectivity index (χ4v) is 4.03. The topological polar surface area (TPSA) is 91.4 Å². The maximum Gasteiger partial charge on any atom is 0.230 e. The third-order valence-electron chi connectivity index (χ3n) is 4.91. The van der Waals surface area contributed by atoms with Gasteiger partial charge in [0.2, 0.25) is 11.7 Å². The van der Waals surface area contributed by atoms with Gasteiger partial charge in [0.05, 0.1) is 32.8 Å². The fourth-order valence-electron chi connectivity index (χ4n) is 3.26. The Hall–Kier alpha value is -3.72. The van der Waals surface area contributed by atoms with Crippen LogP contribution in [0.15, 0.2) is 76.5 Å². The molecular formula is C24H24N4O4S.